The lowest BCUT2D eigenvalue weighted by Gasteiger charge is -2.19. The zero-order chi connectivity index (χ0) is 18.0. The quantitative estimate of drug-likeness (QED) is 0.593. The third kappa shape index (κ3) is 3.87. The van der Waals surface area contributed by atoms with Crippen molar-refractivity contribution in [3.8, 4) is 0 Å². The van der Waals surface area contributed by atoms with Crippen molar-refractivity contribution in [3.05, 3.63) is 34.9 Å². The molecule has 1 aromatic rings. The normalized spacial score (nSPS) is 24.2. The van der Waals surface area contributed by atoms with Crippen molar-refractivity contribution in [1.29, 1.82) is 0 Å². The monoisotopic (exact) mass is 363 g/mol. The maximum Gasteiger partial charge on any atom is 0.308 e. The van der Waals surface area contributed by atoms with E-state index in [1.807, 2.05) is 0 Å². The fourth-order valence-corrected chi connectivity index (χ4v) is 3.84. The van der Waals surface area contributed by atoms with Crippen LogP contribution in [0.15, 0.2) is 24.3 Å². The summed E-state index contributed by atoms with van der Waals surface area (Å²) in [6.45, 7) is 1.89. The van der Waals surface area contributed by atoms with Crippen molar-refractivity contribution in [1.82, 2.24) is 4.90 Å². The smallest absolute Gasteiger partial charge is 0.308 e. The van der Waals surface area contributed by atoms with E-state index in [-0.39, 0.29) is 36.6 Å². The summed E-state index contributed by atoms with van der Waals surface area (Å²) in [4.78, 5) is 38.1. The number of halogens is 1. The Kier molecular flexibility index (Phi) is 5.42. The predicted molar refractivity (Wildman–Crippen MR) is 92.7 cm³/mol. The van der Waals surface area contributed by atoms with Crippen molar-refractivity contribution in [2.24, 2.45) is 11.8 Å². The molecule has 2 amide bonds. The van der Waals surface area contributed by atoms with Crippen LogP contribution in [0.25, 0.3) is 0 Å². The van der Waals surface area contributed by atoms with Crippen molar-refractivity contribution in [3.63, 3.8) is 0 Å². The molecule has 25 heavy (non-hydrogen) atoms. The first kappa shape index (κ1) is 17.9. The van der Waals surface area contributed by atoms with Crippen LogP contribution >= 0.6 is 11.6 Å². The van der Waals surface area contributed by atoms with E-state index in [0.717, 1.165) is 31.2 Å². The second-order valence-electron chi connectivity index (χ2n) is 6.76. The first-order chi connectivity index (χ1) is 12.0. The van der Waals surface area contributed by atoms with E-state index in [0.29, 0.717) is 5.02 Å². The Balaban J connectivity index is 1.52. The van der Waals surface area contributed by atoms with Gasteiger partial charge in [-0.25, -0.2) is 0 Å². The first-order valence-corrected chi connectivity index (χ1v) is 9.15. The molecular weight excluding hydrogens is 342 g/mol. The first-order valence-electron chi connectivity index (χ1n) is 8.77. The third-order valence-corrected chi connectivity index (χ3v) is 5.37. The minimum Gasteiger partial charge on any atom is -0.458 e. The van der Waals surface area contributed by atoms with Crippen LogP contribution in [0, 0.1) is 11.8 Å². The highest BCUT2D eigenvalue weighted by Gasteiger charge is 2.47. The molecule has 1 saturated carbocycles. The van der Waals surface area contributed by atoms with E-state index < -0.39 is 12.1 Å². The molecule has 0 bridgehead atoms. The van der Waals surface area contributed by atoms with Gasteiger partial charge in [0.15, 0.2) is 0 Å². The molecule has 1 heterocycles. The van der Waals surface area contributed by atoms with Crippen LogP contribution in [0.5, 0.6) is 0 Å². The van der Waals surface area contributed by atoms with E-state index >= 15 is 0 Å². The molecule has 0 unspecified atom stereocenters. The molecule has 0 radical (unpaired) electrons. The molecule has 3 rings (SSSR count). The lowest BCUT2D eigenvalue weighted by Crippen LogP contribution is -2.33. The summed E-state index contributed by atoms with van der Waals surface area (Å²) in [6.07, 6.45) is 3.17. The number of carbonyl (C=O) groups is 3. The summed E-state index contributed by atoms with van der Waals surface area (Å²) in [5.74, 6) is -1.00. The second-order valence-corrected chi connectivity index (χ2v) is 7.20. The van der Waals surface area contributed by atoms with E-state index in [2.05, 4.69) is 0 Å². The number of amides is 2. The highest BCUT2D eigenvalue weighted by molar-refractivity contribution is 6.30. The van der Waals surface area contributed by atoms with Gasteiger partial charge in [0.2, 0.25) is 11.8 Å². The average molecular weight is 364 g/mol. The fourth-order valence-electron chi connectivity index (χ4n) is 3.71. The summed E-state index contributed by atoms with van der Waals surface area (Å²) in [7, 11) is 0. The van der Waals surface area contributed by atoms with Crippen molar-refractivity contribution < 1.29 is 19.1 Å². The van der Waals surface area contributed by atoms with Crippen LogP contribution in [-0.4, -0.2) is 29.2 Å². The lowest BCUT2D eigenvalue weighted by atomic mass is 9.81. The number of rotatable bonds is 5. The molecule has 0 spiro atoms. The molecule has 2 aliphatic rings. The molecule has 1 aromatic carbocycles. The zero-order valence-electron chi connectivity index (χ0n) is 14.2. The number of esters is 1. The summed E-state index contributed by atoms with van der Waals surface area (Å²) < 4.78 is 5.39. The van der Waals surface area contributed by atoms with Gasteiger partial charge in [0.05, 0.1) is 18.3 Å². The van der Waals surface area contributed by atoms with E-state index in [4.69, 9.17) is 16.3 Å². The molecule has 3 atom stereocenters. The third-order valence-electron chi connectivity index (χ3n) is 5.12. The number of nitrogens with zero attached hydrogens (tertiary/aromatic N) is 1. The number of fused-ring (bicyclic) bond motifs is 1. The molecule has 5 nitrogen and oxygen atoms in total. The number of benzene rings is 1. The molecular formula is C19H22ClNO4. The number of hydrogen-bond donors (Lipinski definition) is 0. The number of ether oxygens (including phenoxy) is 1. The summed E-state index contributed by atoms with van der Waals surface area (Å²) in [5, 5.41) is 0.620. The van der Waals surface area contributed by atoms with Crippen molar-refractivity contribution in [2.45, 2.75) is 45.1 Å². The summed E-state index contributed by atoms with van der Waals surface area (Å²) >= 11 is 5.85. The Morgan fingerprint density at radius 3 is 2.28 bits per heavy atom. The SMILES string of the molecule is C[C@H](OC(=O)CCN1C(=O)[C@H]2CCCC[C@H]2C1=O)c1ccc(Cl)cc1. The summed E-state index contributed by atoms with van der Waals surface area (Å²) in [5.41, 5.74) is 0.845. The number of carbonyl (C=O) groups excluding carboxylic acids is 3. The zero-order valence-corrected chi connectivity index (χ0v) is 15.0. The number of likely N-dealkylation sites (tertiary alicyclic amines) is 1. The Bertz CT molecular complexity index is 649. The standard InChI is InChI=1S/C19H22ClNO4/c1-12(13-6-8-14(20)9-7-13)25-17(22)10-11-21-18(23)15-4-2-3-5-16(15)19(21)24/h6-9,12,15-16H,2-5,10-11H2,1H3/t12-,15-,16+/m0/s1. The molecule has 0 N–H and O–H groups in total. The van der Waals surface area contributed by atoms with Crippen LogP contribution < -0.4 is 0 Å². The molecule has 1 aliphatic carbocycles. The van der Waals surface area contributed by atoms with Crippen molar-refractivity contribution in [2.75, 3.05) is 6.54 Å². The molecule has 134 valence electrons. The minimum atomic E-state index is -0.419. The van der Waals surface area contributed by atoms with Crippen LogP contribution in [0.3, 0.4) is 0 Å². The van der Waals surface area contributed by atoms with Crippen LogP contribution in [0.1, 0.15) is 50.7 Å². The molecule has 1 aliphatic heterocycles. The van der Waals surface area contributed by atoms with Gasteiger partial charge >= 0.3 is 5.97 Å². The maximum atomic E-state index is 12.4. The van der Waals surface area contributed by atoms with Gasteiger partial charge in [-0.15, -0.1) is 0 Å². The highest BCUT2D eigenvalue weighted by atomic mass is 35.5. The van der Waals surface area contributed by atoms with E-state index in [1.165, 1.54) is 4.90 Å². The Morgan fingerprint density at radius 1 is 1.16 bits per heavy atom. The maximum absolute atomic E-state index is 12.4. The Hall–Kier alpha value is -1.88. The Labute approximate surface area is 152 Å². The molecule has 0 aromatic heterocycles. The van der Waals surface area contributed by atoms with Gasteiger partial charge in [-0.05, 0) is 37.5 Å². The van der Waals surface area contributed by atoms with Gasteiger partial charge in [0.1, 0.15) is 6.10 Å². The Morgan fingerprint density at radius 2 is 1.72 bits per heavy atom. The molecule has 1 saturated heterocycles. The topological polar surface area (TPSA) is 63.7 Å². The van der Waals surface area contributed by atoms with Crippen LogP contribution in [-0.2, 0) is 19.1 Å². The number of imide groups is 1. The fraction of sp³-hybridized carbons (Fsp3) is 0.526. The summed E-state index contributed by atoms with van der Waals surface area (Å²) in [6, 6.07) is 7.09. The van der Waals surface area contributed by atoms with Gasteiger partial charge in [0.25, 0.3) is 0 Å². The van der Waals surface area contributed by atoms with Crippen LogP contribution in [0.4, 0.5) is 0 Å². The van der Waals surface area contributed by atoms with Gasteiger partial charge in [0, 0.05) is 11.6 Å². The molecule has 6 heteroatoms. The van der Waals surface area contributed by atoms with Crippen LogP contribution in [0.2, 0.25) is 5.02 Å². The van der Waals surface area contributed by atoms with E-state index in [9.17, 15) is 14.4 Å². The van der Waals surface area contributed by atoms with Gasteiger partial charge < -0.3 is 4.74 Å². The second kappa shape index (κ2) is 7.56. The highest BCUT2D eigenvalue weighted by Crippen LogP contribution is 2.38. The van der Waals surface area contributed by atoms with Gasteiger partial charge in [-0.3, -0.25) is 19.3 Å². The lowest BCUT2D eigenvalue weighted by molar-refractivity contribution is -0.149. The molecule has 2 fully saturated rings. The van der Waals surface area contributed by atoms with Gasteiger partial charge in [-0.2, -0.15) is 0 Å². The van der Waals surface area contributed by atoms with E-state index in [1.54, 1.807) is 31.2 Å². The largest absolute Gasteiger partial charge is 0.458 e. The van der Waals surface area contributed by atoms with Gasteiger partial charge in [-0.1, -0.05) is 36.6 Å². The average Bonchev–Trinajstić information content (AvgIpc) is 2.85. The number of hydrogen-bond acceptors (Lipinski definition) is 4. The minimum absolute atomic E-state index is 0.0227. The van der Waals surface area contributed by atoms with Crippen molar-refractivity contribution >= 4 is 29.4 Å². The predicted octanol–water partition coefficient (Wildman–Crippen LogP) is 3.51.